The van der Waals surface area contributed by atoms with Gasteiger partial charge in [0.25, 0.3) is 0 Å². The Morgan fingerprint density at radius 2 is 1.74 bits per heavy atom. The molecular weight excluding hydrogens is 296 g/mol. The molecule has 5 nitrogen and oxygen atoms in total. The van der Waals surface area contributed by atoms with Crippen LogP contribution in [0.25, 0.3) is 0 Å². The Bertz CT molecular complexity index is 683. The average molecular weight is 318 g/mol. The van der Waals surface area contributed by atoms with E-state index in [4.69, 9.17) is 14.2 Å². The van der Waals surface area contributed by atoms with Gasteiger partial charge in [0, 0.05) is 25.3 Å². The van der Waals surface area contributed by atoms with E-state index in [1.807, 2.05) is 20.8 Å². The number of hydrogen-bond donors (Lipinski definition) is 0. The first-order chi connectivity index (χ1) is 10.8. The first kappa shape index (κ1) is 16.0. The third-order valence-electron chi connectivity index (χ3n) is 4.92. The molecule has 0 bridgehead atoms. The summed E-state index contributed by atoms with van der Waals surface area (Å²) < 4.78 is 17.1. The van der Waals surface area contributed by atoms with Crippen molar-refractivity contribution in [2.75, 3.05) is 13.2 Å². The van der Waals surface area contributed by atoms with E-state index in [0.29, 0.717) is 42.3 Å². The van der Waals surface area contributed by atoms with Gasteiger partial charge in [0.2, 0.25) is 0 Å². The average Bonchev–Trinajstić information content (AvgIpc) is 2.49. The lowest BCUT2D eigenvalue weighted by Crippen LogP contribution is -2.46. The van der Waals surface area contributed by atoms with Gasteiger partial charge in [-0.1, -0.05) is 0 Å². The van der Waals surface area contributed by atoms with E-state index in [1.54, 1.807) is 0 Å². The van der Waals surface area contributed by atoms with E-state index in [9.17, 15) is 9.59 Å². The lowest BCUT2D eigenvalue weighted by atomic mass is 9.81. The van der Waals surface area contributed by atoms with Gasteiger partial charge in [-0.25, -0.2) is 0 Å². The summed E-state index contributed by atoms with van der Waals surface area (Å²) in [7, 11) is 0. The molecule has 124 valence electrons. The van der Waals surface area contributed by atoms with Crippen molar-refractivity contribution >= 4 is 11.8 Å². The maximum atomic E-state index is 12.8. The van der Waals surface area contributed by atoms with Crippen molar-refractivity contribution in [1.29, 1.82) is 0 Å². The minimum Gasteiger partial charge on any atom is -0.486 e. The summed E-state index contributed by atoms with van der Waals surface area (Å²) in [5.41, 5.74) is 2.50. The number of carbonyl (C=O) groups is 2. The largest absolute Gasteiger partial charge is 0.486 e. The van der Waals surface area contributed by atoms with Crippen molar-refractivity contribution in [2.24, 2.45) is 0 Å². The molecule has 23 heavy (non-hydrogen) atoms. The molecule has 0 saturated carbocycles. The number of Topliss-reactive ketones (excluding diaryl/α,β-unsaturated/α-hetero) is 1. The zero-order chi connectivity index (χ0) is 16.8. The Morgan fingerprint density at radius 3 is 2.35 bits per heavy atom. The molecule has 0 unspecified atom stereocenters. The van der Waals surface area contributed by atoms with Crippen LogP contribution in [-0.2, 0) is 9.53 Å². The topological polar surface area (TPSA) is 61.8 Å². The van der Waals surface area contributed by atoms with Gasteiger partial charge in [-0.2, -0.15) is 0 Å². The number of benzene rings is 1. The van der Waals surface area contributed by atoms with E-state index in [-0.39, 0.29) is 11.8 Å². The molecule has 2 aliphatic heterocycles. The van der Waals surface area contributed by atoms with Crippen LogP contribution < -0.4 is 9.47 Å². The van der Waals surface area contributed by atoms with E-state index in [0.717, 1.165) is 24.0 Å². The summed E-state index contributed by atoms with van der Waals surface area (Å²) in [6, 6.07) is 0. The minimum absolute atomic E-state index is 0.0575. The Kier molecular flexibility index (Phi) is 3.92. The Morgan fingerprint density at radius 1 is 1.09 bits per heavy atom. The fourth-order valence-electron chi connectivity index (χ4n) is 3.51. The number of carbonyl (C=O) groups excluding carboxylic acids is 2. The first-order valence-electron chi connectivity index (χ1n) is 7.97. The van der Waals surface area contributed by atoms with Crippen molar-refractivity contribution in [1.82, 2.24) is 0 Å². The molecule has 0 aromatic heterocycles. The van der Waals surface area contributed by atoms with Crippen LogP contribution in [0, 0.1) is 20.8 Å². The second-order valence-electron chi connectivity index (χ2n) is 6.50. The first-order valence-corrected chi connectivity index (χ1v) is 7.97. The third kappa shape index (κ3) is 2.63. The zero-order valence-electron chi connectivity index (χ0n) is 14.1. The highest BCUT2D eigenvalue weighted by atomic mass is 16.5. The van der Waals surface area contributed by atoms with Gasteiger partial charge in [0.05, 0.1) is 25.2 Å². The number of ketones is 1. The minimum atomic E-state index is -0.449. The predicted molar refractivity (Wildman–Crippen MR) is 84.3 cm³/mol. The van der Waals surface area contributed by atoms with Crippen LogP contribution in [0.3, 0.4) is 0 Å². The molecule has 1 fully saturated rings. The molecule has 0 N–H and O–H groups in total. The summed E-state index contributed by atoms with van der Waals surface area (Å²) >= 11 is 0. The monoisotopic (exact) mass is 318 g/mol. The molecule has 2 heterocycles. The fraction of sp³-hybridized carbons (Fsp3) is 0.556. The Labute approximate surface area is 135 Å². The molecule has 0 atom stereocenters. The van der Waals surface area contributed by atoms with Crippen molar-refractivity contribution in [3.63, 3.8) is 0 Å². The number of esters is 1. The second-order valence-corrected chi connectivity index (χ2v) is 6.50. The SMILES string of the molecule is CC(=O)Oc1c(C)c(C)c2c(c1C)C(=O)CC1(CCOCC1)O2. The quantitative estimate of drug-likeness (QED) is 0.588. The van der Waals surface area contributed by atoms with Gasteiger partial charge < -0.3 is 14.2 Å². The van der Waals surface area contributed by atoms with Gasteiger partial charge in [-0.15, -0.1) is 0 Å². The fourth-order valence-corrected chi connectivity index (χ4v) is 3.51. The molecule has 2 aliphatic rings. The van der Waals surface area contributed by atoms with Crippen LogP contribution in [0.5, 0.6) is 11.5 Å². The van der Waals surface area contributed by atoms with Crippen LogP contribution >= 0.6 is 0 Å². The van der Waals surface area contributed by atoms with Crippen molar-refractivity contribution in [3.05, 3.63) is 22.3 Å². The summed E-state index contributed by atoms with van der Waals surface area (Å²) in [6.45, 7) is 8.21. The maximum Gasteiger partial charge on any atom is 0.308 e. The van der Waals surface area contributed by atoms with Crippen LogP contribution in [0.4, 0.5) is 0 Å². The molecule has 1 saturated heterocycles. The number of rotatable bonds is 1. The number of fused-ring (bicyclic) bond motifs is 1. The molecule has 3 rings (SSSR count). The predicted octanol–water partition coefficient (Wildman–Crippen LogP) is 3.05. The van der Waals surface area contributed by atoms with E-state index in [1.165, 1.54) is 6.92 Å². The van der Waals surface area contributed by atoms with Crippen LogP contribution in [0.15, 0.2) is 0 Å². The highest BCUT2D eigenvalue weighted by Crippen LogP contribution is 2.46. The summed E-state index contributed by atoms with van der Waals surface area (Å²) in [4.78, 5) is 24.2. The molecule has 1 aromatic carbocycles. The third-order valence-corrected chi connectivity index (χ3v) is 4.92. The lowest BCUT2D eigenvalue weighted by Gasteiger charge is -2.41. The zero-order valence-corrected chi connectivity index (χ0v) is 14.1. The second kappa shape index (κ2) is 5.64. The smallest absolute Gasteiger partial charge is 0.308 e. The highest BCUT2D eigenvalue weighted by molar-refractivity contribution is 6.03. The summed E-state index contributed by atoms with van der Waals surface area (Å²) in [5, 5.41) is 0. The molecule has 1 aromatic rings. The van der Waals surface area contributed by atoms with Crippen LogP contribution in [0.2, 0.25) is 0 Å². The number of ether oxygens (including phenoxy) is 3. The molecule has 0 amide bonds. The summed E-state index contributed by atoms with van der Waals surface area (Å²) in [5.74, 6) is 0.797. The summed E-state index contributed by atoms with van der Waals surface area (Å²) in [6.07, 6.45) is 1.80. The van der Waals surface area contributed by atoms with Crippen LogP contribution in [0.1, 0.15) is 53.2 Å². The van der Waals surface area contributed by atoms with E-state index >= 15 is 0 Å². The Hall–Kier alpha value is -1.88. The standard InChI is InChI=1S/C18H22O5/c1-10-11(2)17-15(12(3)16(10)22-13(4)19)14(20)9-18(23-17)5-7-21-8-6-18/h5-9H2,1-4H3. The lowest BCUT2D eigenvalue weighted by molar-refractivity contribution is -0.132. The van der Waals surface area contributed by atoms with Crippen LogP contribution in [-0.4, -0.2) is 30.6 Å². The van der Waals surface area contributed by atoms with Crippen molar-refractivity contribution in [2.45, 2.75) is 52.6 Å². The maximum absolute atomic E-state index is 12.8. The highest BCUT2D eigenvalue weighted by Gasteiger charge is 2.43. The van der Waals surface area contributed by atoms with Gasteiger partial charge >= 0.3 is 5.97 Å². The molecular formula is C18H22O5. The van der Waals surface area contributed by atoms with Crippen molar-refractivity contribution < 1.29 is 23.8 Å². The van der Waals surface area contributed by atoms with Gasteiger partial charge in [0.15, 0.2) is 5.78 Å². The van der Waals surface area contributed by atoms with E-state index < -0.39 is 5.60 Å². The normalized spacial score (nSPS) is 19.2. The van der Waals surface area contributed by atoms with Crippen molar-refractivity contribution in [3.8, 4) is 11.5 Å². The molecule has 1 spiro atoms. The van der Waals surface area contributed by atoms with Gasteiger partial charge in [-0.3, -0.25) is 9.59 Å². The number of hydrogen-bond acceptors (Lipinski definition) is 5. The van der Waals surface area contributed by atoms with Gasteiger partial charge in [-0.05, 0) is 31.9 Å². The van der Waals surface area contributed by atoms with E-state index in [2.05, 4.69) is 0 Å². The molecule has 0 radical (unpaired) electrons. The molecule has 0 aliphatic carbocycles. The Balaban J connectivity index is 2.12. The van der Waals surface area contributed by atoms with Gasteiger partial charge in [0.1, 0.15) is 17.1 Å². The molecule has 5 heteroatoms.